The van der Waals surface area contributed by atoms with Gasteiger partial charge in [0.1, 0.15) is 0 Å². The van der Waals surface area contributed by atoms with Crippen molar-refractivity contribution in [3.63, 3.8) is 0 Å². The molecule has 1 aromatic carbocycles. The Labute approximate surface area is 115 Å². The van der Waals surface area contributed by atoms with E-state index in [4.69, 9.17) is 0 Å². The monoisotopic (exact) mass is 261 g/mol. The second-order valence-corrected chi connectivity index (χ2v) is 7.07. The molecule has 1 aliphatic carbocycles. The molecular formula is C16H23NS. The van der Waals surface area contributed by atoms with Gasteiger partial charge in [-0.1, -0.05) is 26.0 Å². The van der Waals surface area contributed by atoms with Crippen molar-refractivity contribution in [1.29, 1.82) is 0 Å². The molecular weight excluding hydrogens is 238 g/mol. The van der Waals surface area contributed by atoms with Crippen molar-refractivity contribution in [2.75, 3.05) is 5.75 Å². The Bertz CT molecular complexity index is 423. The molecule has 1 aromatic rings. The highest BCUT2D eigenvalue weighted by atomic mass is 32.2. The van der Waals surface area contributed by atoms with Gasteiger partial charge in [-0.15, -0.1) is 11.8 Å². The predicted molar refractivity (Wildman–Crippen MR) is 79.4 cm³/mol. The third-order valence-corrected chi connectivity index (χ3v) is 5.16. The highest BCUT2D eigenvalue weighted by Gasteiger charge is 2.27. The summed E-state index contributed by atoms with van der Waals surface area (Å²) >= 11 is 2.04. The maximum atomic E-state index is 3.84. The third-order valence-electron chi connectivity index (χ3n) is 3.98. The van der Waals surface area contributed by atoms with E-state index in [1.54, 1.807) is 5.56 Å². The van der Waals surface area contributed by atoms with E-state index in [0.29, 0.717) is 12.0 Å². The van der Waals surface area contributed by atoms with Gasteiger partial charge in [0.2, 0.25) is 0 Å². The van der Waals surface area contributed by atoms with Gasteiger partial charge in [-0.25, -0.2) is 0 Å². The Morgan fingerprint density at radius 2 is 2.06 bits per heavy atom. The molecule has 0 spiro atoms. The molecule has 1 nitrogen and oxygen atoms in total. The minimum Gasteiger partial charge on any atom is -0.307 e. The van der Waals surface area contributed by atoms with Crippen LogP contribution < -0.4 is 5.32 Å². The molecule has 18 heavy (non-hydrogen) atoms. The highest BCUT2D eigenvalue weighted by Crippen LogP contribution is 2.38. The van der Waals surface area contributed by atoms with Crippen molar-refractivity contribution in [2.45, 2.75) is 62.4 Å². The fourth-order valence-corrected chi connectivity index (χ4v) is 3.73. The van der Waals surface area contributed by atoms with Crippen molar-refractivity contribution in [3.8, 4) is 0 Å². The van der Waals surface area contributed by atoms with Crippen LogP contribution in [0, 0.1) is 0 Å². The molecule has 1 aliphatic heterocycles. The van der Waals surface area contributed by atoms with E-state index >= 15 is 0 Å². The summed E-state index contributed by atoms with van der Waals surface area (Å²) in [4.78, 5) is 1.51. The van der Waals surface area contributed by atoms with Crippen LogP contribution in [0.2, 0.25) is 0 Å². The van der Waals surface area contributed by atoms with E-state index in [0.717, 1.165) is 6.04 Å². The Morgan fingerprint density at radius 3 is 2.78 bits per heavy atom. The topological polar surface area (TPSA) is 12.0 Å². The molecule has 2 heteroatoms. The number of hydrogen-bond donors (Lipinski definition) is 1. The molecule has 1 unspecified atom stereocenters. The van der Waals surface area contributed by atoms with Crippen LogP contribution in [0.4, 0.5) is 0 Å². The molecule has 0 bridgehead atoms. The second-order valence-electron chi connectivity index (χ2n) is 5.94. The largest absolute Gasteiger partial charge is 0.307 e. The van der Waals surface area contributed by atoms with Crippen LogP contribution in [-0.4, -0.2) is 11.8 Å². The Balaban J connectivity index is 1.91. The molecule has 2 aliphatic rings. The van der Waals surface area contributed by atoms with Crippen LogP contribution in [0.25, 0.3) is 0 Å². The number of rotatable bonds is 3. The van der Waals surface area contributed by atoms with Crippen molar-refractivity contribution in [3.05, 3.63) is 29.3 Å². The molecule has 1 heterocycles. The van der Waals surface area contributed by atoms with E-state index in [2.05, 4.69) is 37.4 Å². The van der Waals surface area contributed by atoms with Crippen LogP contribution in [0.15, 0.2) is 23.1 Å². The van der Waals surface area contributed by atoms with Gasteiger partial charge in [0.15, 0.2) is 0 Å². The Kier molecular flexibility index (Phi) is 3.67. The molecule has 0 amide bonds. The molecule has 0 saturated heterocycles. The van der Waals surface area contributed by atoms with Gasteiger partial charge >= 0.3 is 0 Å². The third kappa shape index (κ3) is 2.75. The lowest BCUT2D eigenvalue weighted by atomic mass is 9.95. The van der Waals surface area contributed by atoms with E-state index in [1.807, 2.05) is 11.8 Å². The maximum absolute atomic E-state index is 3.84. The minimum atomic E-state index is 0.598. The summed E-state index contributed by atoms with van der Waals surface area (Å²) in [7, 11) is 0. The van der Waals surface area contributed by atoms with Gasteiger partial charge in [-0.3, -0.25) is 0 Å². The second kappa shape index (κ2) is 5.26. The lowest BCUT2D eigenvalue weighted by molar-refractivity contribution is 0.490. The van der Waals surface area contributed by atoms with Gasteiger partial charge in [-0.2, -0.15) is 0 Å². The fourth-order valence-electron chi connectivity index (χ4n) is 2.66. The first kappa shape index (κ1) is 12.6. The number of hydrogen-bond acceptors (Lipinski definition) is 2. The summed E-state index contributed by atoms with van der Waals surface area (Å²) in [6, 6.07) is 8.52. The zero-order valence-electron chi connectivity index (χ0n) is 11.4. The van der Waals surface area contributed by atoms with Gasteiger partial charge in [0, 0.05) is 17.0 Å². The number of nitrogens with one attached hydrogen (secondary N) is 1. The summed E-state index contributed by atoms with van der Waals surface area (Å²) < 4.78 is 0. The predicted octanol–water partition coefficient (Wildman–Crippen LogP) is 4.49. The van der Waals surface area contributed by atoms with Gasteiger partial charge in [0.25, 0.3) is 0 Å². The minimum absolute atomic E-state index is 0.598. The molecule has 1 atom stereocenters. The lowest BCUT2D eigenvalue weighted by Gasteiger charge is -2.20. The molecule has 3 rings (SSSR count). The van der Waals surface area contributed by atoms with Crippen LogP contribution in [0.3, 0.4) is 0 Å². The first-order valence-electron chi connectivity index (χ1n) is 7.26. The van der Waals surface area contributed by atoms with E-state index in [9.17, 15) is 0 Å². The number of thioether (sulfide) groups is 1. The Hall–Kier alpha value is -0.470. The first-order valence-corrected chi connectivity index (χ1v) is 8.25. The molecule has 0 aromatic heterocycles. The summed E-state index contributed by atoms with van der Waals surface area (Å²) in [6.07, 6.45) is 5.39. The molecule has 1 N–H and O–H groups in total. The van der Waals surface area contributed by atoms with E-state index in [-0.39, 0.29) is 0 Å². The molecule has 1 fully saturated rings. The highest BCUT2D eigenvalue weighted by molar-refractivity contribution is 7.99. The number of benzene rings is 1. The van der Waals surface area contributed by atoms with Crippen molar-refractivity contribution < 1.29 is 0 Å². The van der Waals surface area contributed by atoms with Crippen molar-refractivity contribution in [2.24, 2.45) is 0 Å². The lowest BCUT2D eigenvalue weighted by Crippen LogP contribution is -2.23. The Morgan fingerprint density at radius 1 is 1.22 bits per heavy atom. The molecule has 98 valence electrons. The smallest absolute Gasteiger partial charge is 0.0334 e. The average Bonchev–Trinajstić information content (AvgIpc) is 3.17. The summed E-state index contributed by atoms with van der Waals surface area (Å²) in [6.45, 7) is 4.57. The van der Waals surface area contributed by atoms with Gasteiger partial charge in [-0.05, 0) is 54.5 Å². The summed E-state index contributed by atoms with van der Waals surface area (Å²) in [5.74, 6) is 1.90. The quantitative estimate of drug-likeness (QED) is 0.860. The van der Waals surface area contributed by atoms with Crippen LogP contribution >= 0.6 is 11.8 Å². The SMILES string of the molecule is CC(C)c1ccc2c(c1)C(NC1CC1)CCCS2. The van der Waals surface area contributed by atoms with Crippen LogP contribution in [0.5, 0.6) is 0 Å². The van der Waals surface area contributed by atoms with Crippen LogP contribution in [0.1, 0.15) is 62.6 Å². The van der Waals surface area contributed by atoms with Crippen molar-refractivity contribution in [1.82, 2.24) is 5.32 Å². The first-order chi connectivity index (χ1) is 8.74. The number of fused-ring (bicyclic) bond motifs is 1. The normalized spacial score (nSPS) is 23.8. The fraction of sp³-hybridized carbons (Fsp3) is 0.625. The summed E-state index contributed by atoms with van der Waals surface area (Å²) in [5.41, 5.74) is 3.05. The maximum Gasteiger partial charge on any atom is 0.0334 e. The zero-order valence-corrected chi connectivity index (χ0v) is 12.2. The van der Waals surface area contributed by atoms with Crippen LogP contribution in [-0.2, 0) is 0 Å². The zero-order chi connectivity index (χ0) is 12.5. The van der Waals surface area contributed by atoms with E-state index in [1.165, 1.54) is 41.9 Å². The average molecular weight is 261 g/mol. The molecule has 0 radical (unpaired) electrons. The van der Waals surface area contributed by atoms with E-state index < -0.39 is 0 Å². The standard InChI is InChI=1S/C16H23NS/c1-11(2)12-5-8-16-14(10-12)15(4-3-9-18-16)17-13-6-7-13/h5,8,10-11,13,15,17H,3-4,6-7,9H2,1-2H3. The molecule has 1 saturated carbocycles. The van der Waals surface area contributed by atoms with Gasteiger partial charge in [0.05, 0.1) is 0 Å². The van der Waals surface area contributed by atoms with Gasteiger partial charge < -0.3 is 5.32 Å². The summed E-state index contributed by atoms with van der Waals surface area (Å²) in [5, 5.41) is 3.84. The van der Waals surface area contributed by atoms with Crippen molar-refractivity contribution >= 4 is 11.8 Å².